The number of benzene rings is 1. The topological polar surface area (TPSA) is 135 Å². The average molecular weight is 332 g/mol. The molecule has 0 fully saturated rings. The summed E-state index contributed by atoms with van der Waals surface area (Å²) in [6.07, 6.45) is 0.406. The Morgan fingerprint density at radius 2 is 1.55 bits per heavy atom. The highest BCUT2D eigenvalue weighted by atomic mass is 32.3. The summed E-state index contributed by atoms with van der Waals surface area (Å²) in [6, 6.07) is 5.52. The van der Waals surface area contributed by atoms with Gasteiger partial charge in [-0.15, -0.1) is 0 Å². The molecule has 124 valence electrons. The second kappa shape index (κ2) is 7.10. The summed E-state index contributed by atoms with van der Waals surface area (Å²) in [4.78, 5) is 22.5. The van der Waals surface area contributed by atoms with E-state index in [0.29, 0.717) is 12.0 Å². The maximum Gasteiger partial charge on any atom is 0.307 e. The van der Waals surface area contributed by atoms with Crippen molar-refractivity contribution < 1.29 is 33.5 Å². The zero-order chi connectivity index (χ0) is 17.1. The van der Waals surface area contributed by atoms with Gasteiger partial charge < -0.3 is 23.9 Å². The lowest BCUT2D eigenvalue weighted by Crippen LogP contribution is -2.32. The van der Waals surface area contributed by atoms with Crippen LogP contribution in [0, 0.1) is 11.8 Å². The van der Waals surface area contributed by atoms with Crippen molar-refractivity contribution in [2.75, 3.05) is 0 Å². The van der Waals surface area contributed by atoms with Crippen LogP contribution in [0.15, 0.2) is 29.2 Å². The first kappa shape index (κ1) is 18.4. The first-order valence-corrected chi connectivity index (χ1v) is 8.16. The SMILES string of the molecule is CCC(c1ccc(S(O)(O)O)cc1)C(C(=O)O)C(C)C(=O)O. The van der Waals surface area contributed by atoms with E-state index in [9.17, 15) is 14.7 Å². The fourth-order valence-corrected chi connectivity index (χ4v) is 2.98. The van der Waals surface area contributed by atoms with E-state index < -0.39 is 40.6 Å². The maximum absolute atomic E-state index is 11.5. The highest BCUT2D eigenvalue weighted by Gasteiger charge is 2.36. The smallest absolute Gasteiger partial charge is 0.307 e. The highest BCUT2D eigenvalue weighted by Crippen LogP contribution is 2.44. The van der Waals surface area contributed by atoms with Gasteiger partial charge in [0.25, 0.3) is 0 Å². The molecule has 0 spiro atoms. The molecule has 3 unspecified atom stereocenters. The van der Waals surface area contributed by atoms with Crippen LogP contribution in [-0.4, -0.2) is 35.8 Å². The fraction of sp³-hybridized carbons (Fsp3) is 0.429. The van der Waals surface area contributed by atoms with E-state index in [1.807, 2.05) is 0 Å². The van der Waals surface area contributed by atoms with E-state index in [2.05, 4.69) is 0 Å². The molecule has 0 aliphatic carbocycles. The maximum atomic E-state index is 11.5. The molecular weight excluding hydrogens is 312 g/mol. The molecule has 0 bridgehead atoms. The Labute approximate surface area is 129 Å². The first-order chi connectivity index (χ1) is 10.1. The molecular formula is C14H20O7S. The van der Waals surface area contributed by atoms with Crippen molar-refractivity contribution in [2.45, 2.75) is 31.1 Å². The number of hydrogen-bond acceptors (Lipinski definition) is 5. The molecule has 0 amide bonds. The molecule has 0 saturated heterocycles. The molecule has 7 nitrogen and oxygen atoms in total. The third-order valence-electron chi connectivity index (χ3n) is 3.71. The van der Waals surface area contributed by atoms with Gasteiger partial charge in [0.15, 0.2) is 0 Å². The van der Waals surface area contributed by atoms with Crippen molar-refractivity contribution in [3.05, 3.63) is 29.8 Å². The summed E-state index contributed by atoms with van der Waals surface area (Å²) in [5, 5.41) is 18.4. The number of aliphatic carboxylic acids is 2. The average Bonchev–Trinajstić information content (AvgIpc) is 2.42. The number of carboxylic acid groups (broad SMARTS) is 2. The Kier molecular flexibility index (Phi) is 5.95. The van der Waals surface area contributed by atoms with Crippen LogP contribution in [-0.2, 0) is 9.59 Å². The van der Waals surface area contributed by atoms with Gasteiger partial charge in [0.05, 0.1) is 16.7 Å². The third-order valence-corrected chi connectivity index (χ3v) is 4.62. The van der Waals surface area contributed by atoms with Crippen molar-refractivity contribution in [1.29, 1.82) is 0 Å². The molecule has 0 heterocycles. The quantitative estimate of drug-likeness (QED) is 0.517. The molecule has 0 aliphatic heterocycles. The number of carbonyl (C=O) groups is 2. The largest absolute Gasteiger partial charge is 0.481 e. The summed E-state index contributed by atoms with van der Waals surface area (Å²) in [5.41, 5.74) is 0.565. The summed E-state index contributed by atoms with van der Waals surface area (Å²) in [6.45, 7) is 3.10. The lowest BCUT2D eigenvalue weighted by molar-refractivity contribution is -0.154. The fourth-order valence-electron chi connectivity index (χ4n) is 2.48. The summed E-state index contributed by atoms with van der Waals surface area (Å²) in [5.74, 6) is -5.11. The van der Waals surface area contributed by atoms with Gasteiger partial charge in [-0.3, -0.25) is 9.59 Å². The van der Waals surface area contributed by atoms with Gasteiger partial charge in [-0.05, 0) is 30.0 Å². The van der Waals surface area contributed by atoms with Crippen molar-refractivity contribution in [3.8, 4) is 0 Å². The minimum atomic E-state index is -3.83. The second-order valence-electron chi connectivity index (χ2n) is 5.09. The molecule has 1 aromatic carbocycles. The third kappa shape index (κ3) is 4.20. The van der Waals surface area contributed by atoms with Crippen LogP contribution in [0.1, 0.15) is 31.7 Å². The summed E-state index contributed by atoms with van der Waals surface area (Å²) >= 11 is 0. The van der Waals surface area contributed by atoms with E-state index >= 15 is 0 Å². The van der Waals surface area contributed by atoms with Gasteiger partial charge >= 0.3 is 11.9 Å². The minimum absolute atomic E-state index is 0.0794. The Bertz CT molecular complexity index is 535. The molecule has 0 aliphatic rings. The lowest BCUT2D eigenvalue weighted by Gasteiger charge is -2.27. The van der Waals surface area contributed by atoms with Crippen molar-refractivity contribution in [1.82, 2.24) is 0 Å². The van der Waals surface area contributed by atoms with Crippen molar-refractivity contribution >= 4 is 22.8 Å². The standard InChI is InChI=1S/C14H20O7S/c1-3-11(12(14(17)18)8(2)13(15)16)9-4-6-10(7-5-9)22(19,20)21/h4-8,11-12,19-21H,3H2,1-2H3,(H,15,16)(H,17,18). The molecule has 0 radical (unpaired) electrons. The van der Waals surface area contributed by atoms with Gasteiger partial charge in [-0.1, -0.05) is 26.0 Å². The van der Waals surface area contributed by atoms with Crippen LogP contribution < -0.4 is 0 Å². The Morgan fingerprint density at radius 1 is 1.05 bits per heavy atom. The molecule has 8 heteroatoms. The Morgan fingerprint density at radius 3 is 1.86 bits per heavy atom. The van der Waals surface area contributed by atoms with Gasteiger partial charge in [0.2, 0.25) is 0 Å². The van der Waals surface area contributed by atoms with E-state index in [1.165, 1.54) is 31.2 Å². The van der Waals surface area contributed by atoms with Crippen LogP contribution in [0.25, 0.3) is 0 Å². The Balaban J connectivity index is 3.18. The molecule has 22 heavy (non-hydrogen) atoms. The predicted molar refractivity (Wildman–Crippen MR) is 81.1 cm³/mol. The van der Waals surface area contributed by atoms with Gasteiger partial charge in [0.1, 0.15) is 10.9 Å². The molecule has 3 atom stereocenters. The predicted octanol–water partition coefficient (Wildman–Crippen LogP) is 3.18. The van der Waals surface area contributed by atoms with E-state index in [4.69, 9.17) is 18.8 Å². The number of carboxylic acids is 2. The molecule has 5 N–H and O–H groups in total. The van der Waals surface area contributed by atoms with Crippen LogP contribution in [0.3, 0.4) is 0 Å². The van der Waals surface area contributed by atoms with Crippen LogP contribution >= 0.6 is 10.9 Å². The number of hydrogen-bond donors (Lipinski definition) is 5. The normalized spacial score (nSPS) is 16.6. The summed E-state index contributed by atoms with van der Waals surface area (Å²) in [7, 11) is -3.83. The van der Waals surface area contributed by atoms with Crippen LogP contribution in [0.2, 0.25) is 0 Å². The first-order valence-electron chi connectivity index (χ1n) is 6.65. The molecule has 1 aromatic rings. The van der Waals surface area contributed by atoms with E-state index in [-0.39, 0.29) is 4.90 Å². The zero-order valence-electron chi connectivity index (χ0n) is 12.2. The van der Waals surface area contributed by atoms with Crippen LogP contribution in [0.4, 0.5) is 0 Å². The van der Waals surface area contributed by atoms with E-state index in [0.717, 1.165) is 0 Å². The van der Waals surface area contributed by atoms with Gasteiger partial charge in [0, 0.05) is 0 Å². The van der Waals surface area contributed by atoms with Crippen molar-refractivity contribution in [3.63, 3.8) is 0 Å². The molecule has 0 saturated carbocycles. The monoisotopic (exact) mass is 332 g/mol. The summed E-state index contributed by atoms with van der Waals surface area (Å²) < 4.78 is 27.5. The van der Waals surface area contributed by atoms with Crippen LogP contribution in [0.5, 0.6) is 0 Å². The van der Waals surface area contributed by atoms with Gasteiger partial charge in [-0.2, -0.15) is 0 Å². The zero-order valence-corrected chi connectivity index (χ0v) is 13.0. The molecule has 0 aromatic heterocycles. The molecule has 1 rings (SSSR count). The second-order valence-corrected chi connectivity index (χ2v) is 6.60. The Hall–Kier alpha value is -1.61. The highest BCUT2D eigenvalue weighted by molar-refractivity contribution is 8.19. The minimum Gasteiger partial charge on any atom is -0.481 e. The lowest BCUT2D eigenvalue weighted by atomic mass is 9.77. The number of rotatable bonds is 7. The van der Waals surface area contributed by atoms with Crippen molar-refractivity contribution in [2.24, 2.45) is 11.8 Å². The van der Waals surface area contributed by atoms with Gasteiger partial charge in [-0.25, -0.2) is 0 Å². The van der Waals surface area contributed by atoms with E-state index in [1.54, 1.807) is 6.92 Å².